The van der Waals surface area contributed by atoms with E-state index >= 15 is 0 Å². The Labute approximate surface area is 161 Å². The Morgan fingerprint density at radius 2 is 1.85 bits per heavy atom. The van der Waals surface area contributed by atoms with Crippen molar-refractivity contribution in [2.75, 3.05) is 13.7 Å². The van der Waals surface area contributed by atoms with Crippen LogP contribution in [0.15, 0.2) is 24.3 Å². The van der Waals surface area contributed by atoms with Crippen molar-refractivity contribution in [3.63, 3.8) is 0 Å². The van der Waals surface area contributed by atoms with Crippen LogP contribution in [0.3, 0.4) is 0 Å². The Morgan fingerprint density at radius 1 is 1.15 bits per heavy atom. The number of carbonyl (C=O) groups is 2. The lowest BCUT2D eigenvalue weighted by Gasteiger charge is -2.39. The number of nitrogens with zero attached hydrogens (tertiary/aromatic N) is 1. The summed E-state index contributed by atoms with van der Waals surface area (Å²) in [5.41, 5.74) is 1.00. The number of fused-ring (bicyclic) bond motifs is 1. The first-order chi connectivity index (χ1) is 13.0. The van der Waals surface area contributed by atoms with E-state index in [-0.39, 0.29) is 11.8 Å². The zero-order chi connectivity index (χ0) is 19.0. The number of carbonyl (C=O) groups excluding carboxylic acids is 2. The van der Waals surface area contributed by atoms with Crippen molar-refractivity contribution in [3.8, 4) is 5.75 Å². The number of rotatable bonds is 5. The minimum absolute atomic E-state index is 0.0891. The number of hydrogen-bond donors (Lipinski definition) is 1. The van der Waals surface area contributed by atoms with Gasteiger partial charge in [0, 0.05) is 25.9 Å². The van der Waals surface area contributed by atoms with Crippen LogP contribution in [0.2, 0.25) is 0 Å². The third-order valence-corrected chi connectivity index (χ3v) is 6.64. The van der Waals surface area contributed by atoms with Gasteiger partial charge in [0.2, 0.25) is 11.8 Å². The van der Waals surface area contributed by atoms with Gasteiger partial charge in [-0.3, -0.25) is 9.59 Å². The van der Waals surface area contributed by atoms with Crippen molar-refractivity contribution < 1.29 is 14.3 Å². The van der Waals surface area contributed by atoms with Gasteiger partial charge >= 0.3 is 0 Å². The summed E-state index contributed by atoms with van der Waals surface area (Å²) < 4.78 is 5.30. The molecule has 5 nitrogen and oxygen atoms in total. The molecule has 0 aromatic heterocycles. The Morgan fingerprint density at radius 3 is 2.52 bits per heavy atom. The van der Waals surface area contributed by atoms with Crippen LogP contribution in [-0.4, -0.2) is 42.5 Å². The van der Waals surface area contributed by atoms with Crippen LogP contribution in [0.25, 0.3) is 0 Å². The molecule has 2 saturated heterocycles. The highest BCUT2D eigenvalue weighted by Crippen LogP contribution is 2.47. The van der Waals surface area contributed by atoms with Gasteiger partial charge in [0.1, 0.15) is 11.8 Å². The van der Waals surface area contributed by atoms with E-state index in [4.69, 9.17) is 4.74 Å². The lowest BCUT2D eigenvalue weighted by atomic mass is 9.68. The molecule has 3 atom stereocenters. The molecular formula is C22H30N2O3. The maximum Gasteiger partial charge on any atom is 0.245 e. The van der Waals surface area contributed by atoms with E-state index in [0.717, 1.165) is 42.5 Å². The first kappa shape index (κ1) is 18.3. The zero-order valence-electron chi connectivity index (χ0n) is 16.3. The standard InChI is InChI=1S/C22H30N2O3/c1-14(25)23-21(12-15-4-3-5-20(11-15)27-2)22(26)24-13-18-7-16-6-17(8-18)10-19(24)9-16/h3-5,11,16-19,21H,6-10,12-13H2,1-2H3,(H,23,25). The fourth-order valence-electron chi connectivity index (χ4n) is 5.74. The molecule has 2 aliphatic heterocycles. The molecule has 1 aromatic carbocycles. The highest BCUT2D eigenvalue weighted by Gasteiger charge is 2.45. The summed E-state index contributed by atoms with van der Waals surface area (Å²) in [4.78, 5) is 27.4. The normalized spacial score (nSPS) is 29.9. The number of methoxy groups -OCH3 is 1. The summed E-state index contributed by atoms with van der Waals surface area (Å²) in [6.07, 6.45) is 6.69. The summed E-state index contributed by atoms with van der Waals surface area (Å²) in [5, 5.41) is 2.91. The fraction of sp³-hybridized carbons (Fsp3) is 0.636. The topological polar surface area (TPSA) is 58.6 Å². The van der Waals surface area contributed by atoms with Crippen LogP contribution in [0.1, 0.15) is 44.6 Å². The van der Waals surface area contributed by atoms with E-state index in [1.165, 1.54) is 26.2 Å². The van der Waals surface area contributed by atoms with Crippen molar-refractivity contribution >= 4 is 11.8 Å². The molecule has 2 saturated carbocycles. The van der Waals surface area contributed by atoms with Gasteiger partial charge in [0.05, 0.1) is 7.11 Å². The van der Waals surface area contributed by atoms with Gasteiger partial charge in [-0.05, 0) is 67.6 Å². The summed E-state index contributed by atoms with van der Waals surface area (Å²) in [7, 11) is 1.64. The maximum absolute atomic E-state index is 13.5. The molecule has 4 fully saturated rings. The first-order valence-electron chi connectivity index (χ1n) is 10.2. The van der Waals surface area contributed by atoms with Gasteiger partial charge in [-0.25, -0.2) is 0 Å². The van der Waals surface area contributed by atoms with E-state index in [0.29, 0.717) is 18.4 Å². The van der Waals surface area contributed by atoms with Gasteiger partial charge in [0.25, 0.3) is 0 Å². The van der Waals surface area contributed by atoms with E-state index < -0.39 is 6.04 Å². The van der Waals surface area contributed by atoms with Gasteiger partial charge in [-0.15, -0.1) is 0 Å². The van der Waals surface area contributed by atoms with Crippen LogP contribution < -0.4 is 10.1 Å². The second kappa shape index (κ2) is 7.53. The number of nitrogens with one attached hydrogen (secondary N) is 1. The van der Waals surface area contributed by atoms with Crippen LogP contribution in [0.4, 0.5) is 0 Å². The molecule has 4 aliphatic rings. The van der Waals surface area contributed by atoms with Crippen molar-refractivity contribution in [2.45, 2.75) is 57.5 Å². The van der Waals surface area contributed by atoms with Crippen LogP contribution >= 0.6 is 0 Å². The monoisotopic (exact) mass is 370 g/mol. The summed E-state index contributed by atoms with van der Waals surface area (Å²) in [5.74, 6) is 2.93. The summed E-state index contributed by atoms with van der Waals surface area (Å²) >= 11 is 0. The van der Waals surface area contributed by atoms with Gasteiger partial charge in [-0.1, -0.05) is 12.1 Å². The SMILES string of the molecule is COc1cccc(CC(NC(C)=O)C(=O)N2CC3CC4CC(C3)CC2C4)c1. The minimum atomic E-state index is -0.509. The third kappa shape index (κ3) is 3.97. The molecule has 0 spiro atoms. The highest BCUT2D eigenvalue weighted by molar-refractivity contribution is 5.87. The molecule has 146 valence electrons. The predicted molar refractivity (Wildman–Crippen MR) is 103 cm³/mol. The average Bonchev–Trinajstić information content (AvgIpc) is 2.83. The molecule has 5 heteroatoms. The molecule has 2 aliphatic carbocycles. The second-order valence-corrected chi connectivity index (χ2v) is 8.73. The smallest absolute Gasteiger partial charge is 0.245 e. The Bertz CT molecular complexity index is 705. The number of ether oxygens (including phenoxy) is 1. The quantitative estimate of drug-likeness (QED) is 0.867. The maximum atomic E-state index is 13.5. The number of benzene rings is 1. The molecule has 1 aromatic rings. The first-order valence-corrected chi connectivity index (χ1v) is 10.2. The molecule has 2 amide bonds. The van der Waals surface area contributed by atoms with Crippen molar-refractivity contribution in [1.82, 2.24) is 10.2 Å². The molecule has 1 N–H and O–H groups in total. The van der Waals surface area contributed by atoms with Crippen molar-refractivity contribution in [2.24, 2.45) is 17.8 Å². The molecule has 2 heterocycles. The van der Waals surface area contributed by atoms with Gasteiger partial charge in [-0.2, -0.15) is 0 Å². The molecular weight excluding hydrogens is 340 g/mol. The van der Waals surface area contributed by atoms with Crippen molar-refractivity contribution in [1.29, 1.82) is 0 Å². The fourth-order valence-corrected chi connectivity index (χ4v) is 5.74. The molecule has 3 unspecified atom stereocenters. The predicted octanol–water partition coefficient (Wildman–Crippen LogP) is 2.78. The van der Waals surface area contributed by atoms with Crippen LogP contribution in [-0.2, 0) is 16.0 Å². The average molecular weight is 370 g/mol. The zero-order valence-corrected chi connectivity index (χ0v) is 16.3. The van der Waals surface area contributed by atoms with Gasteiger partial charge < -0.3 is 15.0 Å². The molecule has 4 bridgehead atoms. The van der Waals surface area contributed by atoms with Crippen molar-refractivity contribution in [3.05, 3.63) is 29.8 Å². The lowest BCUT2D eigenvalue weighted by molar-refractivity contribution is -0.138. The van der Waals surface area contributed by atoms with E-state index in [9.17, 15) is 9.59 Å². The summed E-state index contributed by atoms with van der Waals surface area (Å²) in [6.45, 7) is 2.35. The molecule has 5 rings (SSSR count). The second-order valence-electron chi connectivity index (χ2n) is 8.73. The Balaban J connectivity index is 1.54. The number of hydrogen-bond acceptors (Lipinski definition) is 3. The van der Waals surface area contributed by atoms with E-state index in [1.54, 1.807) is 7.11 Å². The molecule has 27 heavy (non-hydrogen) atoms. The van der Waals surface area contributed by atoms with E-state index in [1.807, 2.05) is 24.3 Å². The highest BCUT2D eigenvalue weighted by atomic mass is 16.5. The summed E-state index contributed by atoms with van der Waals surface area (Å²) in [6, 6.07) is 7.60. The third-order valence-electron chi connectivity index (χ3n) is 6.64. The molecule has 0 radical (unpaired) electrons. The van der Waals surface area contributed by atoms with E-state index in [2.05, 4.69) is 10.2 Å². The lowest BCUT2D eigenvalue weighted by Crippen LogP contribution is -2.53. The van der Waals surface area contributed by atoms with Gasteiger partial charge in [0.15, 0.2) is 0 Å². The largest absolute Gasteiger partial charge is 0.497 e. The van der Waals surface area contributed by atoms with Crippen LogP contribution in [0, 0.1) is 17.8 Å². The number of amides is 2. The Kier molecular flexibility index (Phi) is 5.11. The van der Waals surface area contributed by atoms with Crippen LogP contribution in [0.5, 0.6) is 5.75 Å². The Hall–Kier alpha value is -2.04. The minimum Gasteiger partial charge on any atom is -0.497 e.